The fourth-order valence-corrected chi connectivity index (χ4v) is 4.40. The van der Waals surface area contributed by atoms with Crippen LogP contribution >= 0.6 is 0 Å². The molecule has 4 atom stereocenters. The van der Waals surface area contributed by atoms with Crippen molar-refractivity contribution in [3.63, 3.8) is 0 Å². The molecule has 1 heterocycles. The maximum atomic E-state index is 11.0. The Morgan fingerprint density at radius 2 is 1.50 bits per heavy atom. The van der Waals surface area contributed by atoms with Crippen molar-refractivity contribution < 1.29 is 40.9 Å². The molecule has 2 fully saturated rings. The predicted octanol–water partition coefficient (Wildman–Crippen LogP) is 0.160. The van der Waals surface area contributed by atoms with Gasteiger partial charge < -0.3 is 31.3 Å². The summed E-state index contributed by atoms with van der Waals surface area (Å²) in [7, 11) is 0. The number of carbonyl (C=O) groups excluding carboxylic acids is 2. The molecule has 1 aliphatic heterocycles. The number of likely N-dealkylation sites (tertiary alicyclic amines) is 1. The van der Waals surface area contributed by atoms with Gasteiger partial charge in [-0.3, -0.25) is 4.90 Å². The van der Waals surface area contributed by atoms with Crippen molar-refractivity contribution >= 4 is 11.9 Å². The number of aliphatic carboxylic acids is 2. The molecule has 4 N–H and O–H groups in total. The first-order valence-electron chi connectivity index (χ1n) is 10.8. The van der Waals surface area contributed by atoms with Crippen LogP contribution in [0.25, 0.3) is 0 Å². The zero-order chi connectivity index (χ0) is 22.2. The Labute approximate surface area is 195 Å². The molecular formula is C22H39N3O4Pt. The van der Waals surface area contributed by atoms with Crippen LogP contribution in [0.15, 0.2) is 12.7 Å². The van der Waals surface area contributed by atoms with Crippen molar-refractivity contribution in [2.24, 2.45) is 22.8 Å². The number of hydrogen-bond acceptors (Lipinski definition) is 7. The molecule has 1 aliphatic carbocycles. The van der Waals surface area contributed by atoms with E-state index in [2.05, 4.69) is 25.3 Å². The number of carbonyl (C=O) groups is 2. The maximum absolute atomic E-state index is 11.0. The van der Waals surface area contributed by atoms with Crippen LogP contribution in [0.4, 0.5) is 0 Å². The molecule has 0 aromatic rings. The predicted molar refractivity (Wildman–Crippen MR) is 110 cm³/mol. The Balaban J connectivity index is 0.000000782. The Morgan fingerprint density at radius 3 is 1.83 bits per heavy atom. The second kappa shape index (κ2) is 13.6. The zero-order valence-corrected chi connectivity index (χ0v) is 20.9. The average molecular weight is 605 g/mol. The summed E-state index contributed by atoms with van der Waals surface area (Å²) in [6, 6.07) is 1.33. The standard InChI is InChI=1S/C16H27NO4.C6H14N2.Pt/c1-5-13-9-11(2)17(12(3)10-13)8-6-7-16(4,14(18)19)15(20)21;7-5-3-1-2-4-6(5)8;/h5,11-13H,1,6-10H2,2-4H3,(H,18,19)(H,20,21);5-6H,1-4,7-8H2;/q;;+2/p-2. The van der Waals surface area contributed by atoms with Crippen molar-refractivity contribution in [2.75, 3.05) is 6.54 Å². The van der Waals surface area contributed by atoms with Crippen molar-refractivity contribution in [2.45, 2.75) is 96.3 Å². The summed E-state index contributed by atoms with van der Waals surface area (Å²) in [6.07, 6.45) is 9.38. The van der Waals surface area contributed by atoms with E-state index >= 15 is 0 Å². The molecule has 176 valence electrons. The molecule has 7 nitrogen and oxygen atoms in total. The van der Waals surface area contributed by atoms with Crippen LogP contribution in [0, 0.1) is 11.3 Å². The van der Waals surface area contributed by atoms with Crippen molar-refractivity contribution in [1.29, 1.82) is 0 Å². The summed E-state index contributed by atoms with van der Waals surface area (Å²) in [5, 5.41) is 22.0. The van der Waals surface area contributed by atoms with Crippen molar-refractivity contribution in [3.8, 4) is 0 Å². The van der Waals surface area contributed by atoms with Crippen LogP contribution in [-0.4, -0.2) is 47.6 Å². The molecule has 2 rings (SSSR count). The monoisotopic (exact) mass is 604 g/mol. The SMILES string of the molecule is C=CC1CC(C)N(CCCC(C)(C(=O)[O-])C(=O)[O-])C(C)C1.NC1CCCCC1N.[Pt+2]. The van der Waals surface area contributed by atoms with Gasteiger partial charge in [0.05, 0.1) is 11.9 Å². The number of piperidine rings is 1. The van der Waals surface area contributed by atoms with Gasteiger partial charge in [0, 0.05) is 29.6 Å². The van der Waals surface area contributed by atoms with Crippen LogP contribution in [0.5, 0.6) is 0 Å². The van der Waals surface area contributed by atoms with Crippen LogP contribution in [-0.2, 0) is 30.7 Å². The number of allylic oxidation sites excluding steroid dienone is 1. The van der Waals surface area contributed by atoms with Crippen LogP contribution in [0.2, 0.25) is 0 Å². The van der Waals surface area contributed by atoms with Gasteiger partial charge in [0.1, 0.15) is 0 Å². The van der Waals surface area contributed by atoms with Gasteiger partial charge in [-0.2, -0.15) is 0 Å². The number of nitrogens with zero attached hydrogens (tertiary/aromatic N) is 1. The molecule has 0 amide bonds. The van der Waals surface area contributed by atoms with Gasteiger partial charge in [-0.05, 0) is 71.8 Å². The van der Waals surface area contributed by atoms with E-state index < -0.39 is 17.4 Å². The smallest absolute Gasteiger partial charge is 0.549 e. The third kappa shape index (κ3) is 8.41. The van der Waals surface area contributed by atoms with E-state index in [0.717, 1.165) is 32.6 Å². The Kier molecular flexibility index (Phi) is 13.3. The minimum absolute atomic E-state index is 0. The molecule has 1 saturated heterocycles. The summed E-state index contributed by atoms with van der Waals surface area (Å²) in [6.45, 7) is 9.98. The van der Waals surface area contributed by atoms with E-state index in [1.54, 1.807) is 0 Å². The van der Waals surface area contributed by atoms with Gasteiger partial charge in [-0.1, -0.05) is 18.9 Å². The van der Waals surface area contributed by atoms with Gasteiger partial charge in [0.2, 0.25) is 0 Å². The maximum Gasteiger partial charge on any atom is 2.00 e. The molecule has 0 aromatic heterocycles. The molecule has 0 spiro atoms. The van der Waals surface area contributed by atoms with Crippen molar-refractivity contribution in [3.05, 3.63) is 12.7 Å². The molecule has 1 saturated carbocycles. The van der Waals surface area contributed by atoms with Crippen LogP contribution < -0.4 is 21.7 Å². The number of hydrogen-bond donors (Lipinski definition) is 2. The van der Waals surface area contributed by atoms with E-state index in [-0.39, 0.29) is 39.6 Å². The zero-order valence-electron chi connectivity index (χ0n) is 18.6. The summed E-state index contributed by atoms with van der Waals surface area (Å²) in [5.74, 6) is -2.63. The third-order valence-electron chi connectivity index (χ3n) is 6.62. The molecular weight excluding hydrogens is 565 g/mol. The molecule has 8 heteroatoms. The van der Waals surface area contributed by atoms with Gasteiger partial charge in [0.15, 0.2) is 0 Å². The minimum Gasteiger partial charge on any atom is -0.549 e. The Bertz CT molecular complexity index is 525. The Morgan fingerprint density at radius 1 is 1.07 bits per heavy atom. The molecule has 30 heavy (non-hydrogen) atoms. The summed E-state index contributed by atoms with van der Waals surface area (Å²) in [4.78, 5) is 24.3. The first-order valence-corrected chi connectivity index (χ1v) is 10.8. The van der Waals surface area contributed by atoms with Gasteiger partial charge in [-0.15, -0.1) is 6.58 Å². The number of carboxylic acid groups (broad SMARTS) is 2. The quantitative estimate of drug-likeness (QED) is 0.312. The average Bonchev–Trinajstić information content (AvgIpc) is 2.66. The molecule has 0 radical (unpaired) electrons. The number of carboxylic acids is 2. The molecule has 4 unspecified atom stereocenters. The Hall–Kier alpha value is -0.752. The first-order chi connectivity index (χ1) is 13.5. The van der Waals surface area contributed by atoms with Gasteiger partial charge in [0.25, 0.3) is 0 Å². The topological polar surface area (TPSA) is 136 Å². The van der Waals surface area contributed by atoms with Crippen LogP contribution in [0.1, 0.15) is 72.1 Å². The fourth-order valence-electron chi connectivity index (χ4n) is 4.40. The summed E-state index contributed by atoms with van der Waals surface area (Å²) >= 11 is 0. The normalized spacial score (nSPS) is 29.7. The third-order valence-corrected chi connectivity index (χ3v) is 6.62. The molecule has 2 aliphatic rings. The minimum atomic E-state index is -1.91. The van der Waals surface area contributed by atoms with Gasteiger partial charge >= 0.3 is 21.1 Å². The van der Waals surface area contributed by atoms with E-state index in [1.165, 1.54) is 12.8 Å². The fraction of sp³-hybridized carbons (Fsp3) is 0.818. The van der Waals surface area contributed by atoms with Crippen LogP contribution in [0.3, 0.4) is 0 Å². The van der Waals surface area contributed by atoms with Gasteiger partial charge in [-0.25, -0.2) is 0 Å². The molecule has 0 bridgehead atoms. The van der Waals surface area contributed by atoms with Crippen molar-refractivity contribution in [1.82, 2.24) is 4.90 Å². The van der Waals surface area contributed by atoms with E-state index in [0.29, 0.717) is 31.0 Å². The first kappa shape index (κ1) is 29.2. The van der Waals surface area contributed by atoms with E-state index in [1.807, 2.05) is 6.08 Å². The second-order valence-corrected chi connectivity index (χ2v) is 9.03. The molecule has 0 aromatic carbocycles. The second-order valence-electron chi connectivity index (χ2n) is 9.03. The number of nitrogens with two attached hydrogens (primary N) is 2. The summed E-state index contributed by atoms with van der Waals surface area (Å²) < 4.78 is 0. The number of rotatable bonds is 7. The summed E-state index contributed by atoms with van der Waals surface area (Å²) in [5.41, 5.74) is 9.40. The largest absolute Gasteiger partial charge is 2.00 e. The van der Waals surface area contributed by atoms with E-state index in [9.17, 15) is 19.8 Å². The van der Waals surface area contributed by atoms with E-state index in [4.69, 9.17) is 11.5 Å².